The number of hydrogen-bond donors (Lipinski definition) is 1. The third-order valence-electron chi connectivity index (χ3n) is 2.24. The Balaban J connectivity index is 2.08. The van der Waals surface area contributed by atoms with E-state index in [4.69, 9.17) is 0 Å². The van der Waals surface area contributed by atoms with Crippen LogP contribution in [0.4, 0.5) is 0 Å². The fourth-order valence-electron chi connectivity index (χ4n) is 1.61. The Morgan fingerprint density at radius 1 is 1.50 bits per heavy atom. The van der Waals surface area contributed by atoms with E-state index in [1.165, 1.54) is 35.2 Å². The number of hydrogen-bond acceptors (Lipinski definition) is 2. The molecule has 1 aliphatic heterocycles. The first kappa shape index (κ1) is 8.73. The second-order valence-electron chi connectivity index (χ2n) is 3.17. The van der Waals surface area contributed by atoms with Crippen molar-refractivity contribution in [1.82, 2.24) is 5.32 Å². The SMILES string of the molecule is Brc1csc(C2CCCCN2)c1. The molecule has 0 radical (unpaired) electrons. The Morgan fingerprint density at radius 2 is 2.42 bits per heavy atom. The van der Waals surface area contributed by atoms with Crippen LogP contribution in [0.5, 0.6) is 0 Å². The van der Waals surface area contributed by atoms with Crippen molar-refractivity contribution in [3.05, 3.63) is 20.8 Å². The monoisotopic (exact) mass is 245 g/mol. The van der Waals surface area contributed by atoms with Gasteiger partial charge < -0.3 is 5.32 Å². The van der Waals surface area contributed by atoms with Crippen LogP contribution >= 0.6 is 27.3 Å². The lowest BCUT2D eigenvalue weighted by atomic mass is 10.0. The largest absolute Gasteiger partial charge is 0.309 e. The molecule has 0 saturated carbocycles. The van der Waals surface area contributed by atoms with Crippen LogP contribution in [0, 0.1) is 0 Å². The summed E-state index contributed by atoms with van der Waals surface area (Å²) in [6.07, 6.45) is 4.00. The number of thiophene rings is 1. The van der Waals surface area contributed by atoms with E-state index in [1.807, 2.05) is 11.3 Å². The Bertz CT molecular complexity index is 253. The fraction of sp³-hybridized carbons (Fsp3) is 0.556. The highest BCUT2D eigenvalue weighted by Gasteiger charge is 2.15. The van der Waals surface area contributed by atoms with Crippen molar-refractivity contribution >= 4 is 27.3 Å². The van der Waals surface area contributed by atoms with Gasteiger partial charge in [-0.2, -0.15) is 0 Å². The van der Waals surface area contributed by atoms with Gasteiger partial charge in [-0.15, -0.1) is 11.3 Å². The number of halogens is 1. The van der Waals surface area contributed by atoms with Crippen LogP contribution in [0.2, 0.25) is 0 Å². The molecule has 1 saturated heterocycles. The van der Waals surface area contributed by atoms with Crippen molar-refractivity contribution in [3.63, 3.8) is 0 Å². The van der Waals surface area contributed by atoms with E-state index in [9.17, 15) is 0 Å². The first-order chi connectivity index (χ1) is 5.86. The summed E-state index contributed by atoms with van der Waals surface area (Å²) in [5, 5.41) is 5.70. The van der Waals surface area contributed by atoms with Gasteiger partial charge in [0.15, 0.2) is 0 Å². The third-order valence-corrected chi connectivity index (χ3v) is 4.05. The van der Waals surface area contributed by atoms with E-state index in [1.54, 1.807) is 0 Å². The highest BCUT2D eigenvalue weighted by molar-refractivity contribution is 9.10. The molecule has 1 atom stereocenters. The molecule has 0 aliphatic carbocycles. The van der Waals surface area contributed by atoms with Crippen molar-refractivity contribution in [1.29, 1.82) is 0 Å². The molecule has 0 spiro atoms. The average Bonchev–Trinajstić information content (AvgIpc) is 2.54. The lowest BCUT2D eigenvalue weighted by Gasteiger charge is -2.21. The second-order valence-corrected chi connectivity index (χ2v) is 5.03. The summed E-state index contributed by atoms with van der Waals surface area (Å²) >= 11 is 5.33. The van der Waals surface area contributed by atoms with Crippen molar-refractivity contribution in [3.8, 4) is 0 Å². The number of nitrogens with one attached hydrogen (secondary N) is 1. The Hall–Kier alpha value is 0.140. The van der Waals surface area contributed by atoms with Crippen LogP contribution in [-0.2, 0) is 0 Å². The first-order valence-corrected chi connectivity index (χ1v) is 6.01. The minimum absolute atomic E-state index is 0.620. The molecule has 1 N–H and O–H groups in total. The number of piperidine rings is 1. The van der Waals surface area contributed by atoms with Crippen LogP contribution < -0.4 is 5.32 Å². The second kappa shape index (κ2) is 3.90. The molecule has 1 nitrogen and oxygen atoms in total. The fourth-order valence-corrected chi connectivity index (χ4v) is 3.16. The summed E-state index contributed by atoms with van der Waals surface area (Å²) in [6, 6.07) is 2.85. The van der Waals surface area contributed by atoms with E-state index in [-0.39, 0.29) is 0 Å². The number of rotatable bonds is 1. The maximum Gasteiger partial charge on any atom is 0.0415 e. The van der Waals surface area contributed by atoms with E-state index in [0.29, 0.717) is 6.04 Å². The standard InChI is InChI=1S/C9H12BrNS/c10-7-5-9(12-6-7)8-3-1-2-4-11-8/h5-6,8,11H,1-4H2. The van der Waals surface area contributed by atoms with E-state index in [0.717, 1.165) is 0 Å². The van der Waals surface area contributed by atoms with Gasteiger partial charge in [-0.3, -0.25) is 0 Å². The molecule has 1 fully saturated rings. The average molecular weight is 246 g/mol. The quantitative estimate of drug-likeness (QED) is 0.801. The molecule has 2 rings (SSSR count). The van der Waals surface area contributed by atoms with Gasteiger partial charge in [-0.25, -0.2) is 0 Å². The molecular formula is C9H12BrNS. The molecule has 1 aromatic rings. The molecule has 66 valence electrons. The molecule has 0 aromatic carbocycles. The maximum atomic E-state index is 3.54. The van der Waals surface area contributed by atoms with Crippen LogP contribution in [0.3, 0.4) is 0 Å². The smallest absolute Gasteiger partial charge is 0.0415 e. The lowest BCUT2D eigenvalue weighted by Crippen LogP contribution is -2.25. The van der Waals surface area contributed by atoms with Gasteiger partial charge in [0.2, 0.25) is 0 Å². The highest BCUT2D eigenvalue weighted by atomic mass is 79.9. The zero-order valence-corrected chi connectivity index (χ0v) is 9.25. The summed E-state index contributed by atoms with van der Waals surface area (Å²) in [7, 11) is 0. The van der Waals surface area contributed by atoms with Gasteiger partial charge >= 0.3 is 0 Å². The van der Waals surface area contributed by atoms with Crippen LogP contribution in [-0.4, -0.2) is 6.54 Å². The molecule has 1 aliphatic rings. The lowest BCUT2D eigenvalue weighted by molar-refractivity contribution is 0.417. The molecule has 2 heterocycles. The molecule has 12 heavy (non-hydrogen) atoms. The van der Waals surface area contributed by atoms with Gasteiger partial charge in [0, 0.05) is 20.8 Å². The van der Waals surface area contributed by atoms with Gasteiger partial charge in [-0.1, -0.05) is 6.42 Å². The predicted molar refractivity (Wildman–Crippen MR) is 56.6 cm³/mol. The highest BCUT2D eigenvalue weighted by Crippen LogP contribution is 2.30. The van der Waals surface area contributed by atoms with Crippen molar-refractivity contribution in [2.24, 2.45) is 0 Å². The minimum Gasteiger partial charge on any atom is -0.309 e. The molecular weight excluding hydrogens is 234 g/mol. The molecule has 1 aromatic heterocycles. The van der Waals surface area contributed by atoms with Crippen molar-refractivity contribution < 1.29 is 0 Å². The van der Waals surface area contributed by atoms with Gasteiger partial charge in [0.1, 0.15) is 0 Å². The van der Waals surface area contributed by atoms with E-state index >= 15 is 0 Å². The zero-order chi connectivity index (χ0) is 8.39. The van der Waals surface area contributed by atoms with Crippen LogP contribution in [0.1, 0.15) is 30.2 Å². The first-order valence-electron chi connectivity index (χ1n) is 4.33. The van der Waals surface area contributed by atoms with Gasteiger partial charge in [0.25, 0.3) is 0 Å². The topological polar surface area (TPSA) is 12.0 Å². The van der Waals surface area contributed by atoms with Gasteiger partial charge in [-0.05, 0) is 41.4 Å². The normalized spacial score (nSPS) is 24.2. The summed E-state index contributed by atoms with van der Waals surface area (Å²) < 4.78 is 1.22. The van der Waals surface area contributed by atoms with Crippen LogP contribution in [0.25, 0.3) is 0 Å². The van der Waals surface area contributed by atoms with Crippen molar-refractivity contribution in [2.75, 3.05) is 6.54 Å². The molecule has 0 amide bonds. The summed E-state index contributed by atoms with van der Waals surface area (Å²) in [6.45, 7) is 1.18. The zero-order valence-electron chi connectivity index (χ0n) is 6.85. The van der Waals surface area contributed by atoms with Gasteiger partial charge in [0.05, 0.1) is 0 Å². The van der Waals surface area contributed by atoms with Crippen LogP contribution in [0.15, 0.2) is 15.9 Å². The summed E-state index contributed by atoms with van der Waals surface area (Å²) in [5.74, 6) is 0. The molecule has 1 unspecified atom stereocenters. The Morgan fingerprint density at radius 3 is 3.00 bits per heavy atom. The predicted octanol–water partition coefficient (Wildman–Crippen LogP) is 3.33. The summed E-state index contributed by atoms with van der Waals surface area (Å²) in [5.41, 5.74) is 0. The third kappa shape index (κ3) is 1.90. The Kier molecular flexibility index (Phi) is 2.84. The Labute approximate surface area is 85.3 Å². The van der Waals surface area contributed by atoms with Crippen molar-refractivity contribution in [2.45, 2.75) is 25.3 Å². The maximum absolute atomic E-state index is 3.54. The summed E-state index contributed by atoms with van der Waals surface area (Å²) in [4.78, 5) is 1.47. The molecule has 3 heteroatoms. The van der Waals surface area contributed by atoms with E-state index < -0.39 is 0 Å². The minimum atomic E-state index is 0.620. The molecule has 0 bridgehead atoms. The van der Waals surface area contributed by atoms with E-state index in [2.05, 4.69) is 32.7 Å².